The first kappa shape index (κ1) is 15.4. The molecule has 0 saturated carbocycles. The number of rotatable bonds is 4. The van der Waals surface area contributed by atoms with E-state index < -0.39 is 0 Å². The lowest BCUT2D eigenvalue weighted by Crippen LogP contribution is -1.97. The molecule has 2 aromatic rings. The van der Waals surface area contributed by atoms with Crippen molar-refractivity contribution in [1.82, 2.24) is 0 Å². The Morgan fingerprint density at radius 2 is 1.90 bits per heavy atom. The Bertz CT molecular complexity index is 624. The molecular weight excluding hydrogens is 409 g/mol. The van der Waals surface area contributed by atoms with Crippen molar-refractivity contribution >= 4 is 49.7 Å². The molecule has 0 amide bonds. The van der Waals surface area contributed by atoms with Gasteiger partial charge in [0.2, 0.25) is 0 Å². The van der Waals surface area contributed by atoms with Gasteiger partial charge < -0.3 is 9.94 Å². The number of halogens is 3. The summed E-state index contributed by atoms with van der Waals surface area (Å²) in [7, 11) is 0. The van der Waals surface area contributed by atoms with Gasteiger partial charge in [-0.05, 0) is 67.3 Å². The molecule has 6 heteroatoms. The first-order valence-corrected chi connectivity index (χ1v) is 7.60. The van der Waals surface area contributed by atoms with Crippen LogP contribution in [-0.2, 0) is 6.61 Å². The molecule has 0 fully saturated rings. The highest BCUT2D eigenvalue weighted by atomic mass is 79.9. The van der Waals surface area contributed by atoms with Crippen LogP contribution in [0.4, 0.5) is 0 Å². The second-order valence-electron chi connectivity index (χ2n) is 3.98. The summed E-state index contributed by atoms with van der Waals surface area (Å²) < 4.78 is 7.32. The summed E-state index contributed by atoms with van der Waals surface area (Å²) in [5.41, 5.74) is 1.73. The maximum Gasteiger partial charge on any atom is 0.148 e. The Labute approximate surface area is 138 Å². The number of nitrogens with zero attached hydrogens (tertiary/aromatic N) is 1. The molecule has 0 aromatic heterocycles. The number of ether oxygens (including phenoxy) is 1. The van der Waals surface area contributed by atoms with Gasteiger partial charge in [0, 0.05) is 5.02 Å². The summed E-state index contributed by atoms with van der Waals surface area (Å²) >= 11 is 12.8. The normalized spacial score (nSPS) is 10.9. The Morgan fingerprint density at radius 3 is 2.50 bits per heavy atom. The second-order valence-corrected chi connectivity index (χ2v) is 6.12. The van der Waals surface area contributed by atoms with E-state index in [0.717, 1.165) is 20.1 Å². The second kappa shape index (κ2) is 7.11. The average molecular weight is 420 g/mol. The van der Waals surface area contributed by atoms with Crippen LogP contribution < -0.4 is 4.74 Å². The molecule has 0 radical (unpaired) electrons. The van der Waals surface area contributed by atoms with E-state index in [1.54, 1.807) is 12.1 Å². The van der Waals surface area contributed by atoms with Crippen LogP contribution in [0, 0.1) is 0 Å². The van der Waals surface area contributed by atoms with E-state index >= 15 is 0 Å². The maximum atomic E-state index is 8.54. The van der Waals surface area contributed by atoms with Gasteiger partial charge in [0.15, 0.2) is 0 Å². The first-order valence-electron chi connectivity index (χ1n) is 5.64. The molecule has 20 heavy (non-hydrogen) atoms. The van der Waals surface area contributed by atoms with Gasteiger partial charge in [-0.1, -0.05) is 28.9 Å². The van der Waals surface area contributed by atoms with Gasteiger partial charge in [0.1, 0.15) is 12.4 Å². The van der Waals surface area contributed by atoms with Crippen molar-refractivity contribution in [2.24, 2.45) is 5.16 Å². The molecule has 0 aliphatic heterocycles. The Kier molecular flexibility index (Phi) is 5.46. The molecule has 0 atom stereocenters. The van der Waals surface area contributed by atoms with E-state index in [0.29, 0.717) is 17.4 Å². The Balaban J connectivity index is 2.17. The Hall–Kier alpha value is -1.04. The van der Waals surface area contributed by atoms with Crippen LogP contribution in [0.1, 0.15) is 11.1 Å². The summed E-state index contributed by atoms with van der Waals surface area (Å²) in [6.07, 6.45) is 1.34. The summed E-state index contributed by atoms with van der Waals surface area (Å²) in [4.78, 5) is 0. The molecule has 0 unspecified atom stereocenters. The molecule has 104 valence electrons. The molecule has 2 rings (SSSR count). The van der Waals surface area contributed by atoms with Crippen molar-refractivity contribution in [2.75, 3.05) is 0 Å². The van der Waals surface area contributed by atoms with Crippen molar-refractivity contribution < 1.29 is 9.94 Å². The number of benzene rings is 2. The number of hydrogen-bond donors (Lipinski definition) is 1. The average Bonchev–Trinajstić information content (AvgIpc) is 2.38. The van der Waals surface area contributed by atoms with Crippen LogP contribution in [0.2, 0.25) is 5.02 Å². The largest absolute Gasteiger partial charge is 0.487 e. The van der Waals surface area contributed by atoms with Gasteiger partial charge in [-0.2, -0.15) is 0 Å². The van der Waals surface area contributed by atoms with E-state index in [-0.39, 0.29) is 0 Å². The molecule has 3 nitrogen and oxygen atoms in total. The smallest absolute Gasteiger partial charge is 0.148 e. The summed E-state index contributed by atoms with van der Waals surface area (Å²) in [5, 5.41) is 12.2. The van der Waals surface area contributed by atoms with Gasteiger partial charge in [-0.3, -0.25) is 0 Å². The summed E-state index contributed by atoms with van der Waals surface area (Å²) in [5.74, 6) is 0.681. The van der Waals surface area contributed by atoms with Crippen LogP contribution in [0.5, 0.6) is 5.75 Å². The number of oxime groups is 1. The van der Waals surface area contributed by atoms with Gasteiger partial charge in [0.05, 0.1) is 15.2 Å². The van der Waals surface area contributed by atoms with E-state index in [1.807, 2.05) is 24.3 Å². The monoisotopic (exact) mass is 417 g/mol. The highest BCUT2D eigenvalue weighted by molar-refractivity contribution is 9.11. The van der Waals surface area contributed by atoms with Crippen molar-refractivity contribution in [3.05, 3.63) is 61.5 Å². The lowest BCUT2D eigenvalue weighted by molar-refractivity contribution is 0.302. The maximum absolute atomic E-state index is 8.54. The van der Waals surface area contributed by atoms with Gasteiger partial charge >= 0.3 is 0 Å². The minimum absolute atomic E-state index is 0.408. The molecule has 1 N–H and O–H groups in total. The molecule has 0 spiro atoms. The third-order valence-electron chi connectivity index (χ3n) is 2.50. The zero-order chi connectivity index (χ0) is 14.5. The number of hydrogen-bond acceptors (Lipinski definition) is 3. The summed E-state index contributed by atoms with van der Waals surface area (Å²) in [6, 6.07) is 11.1. The van der Waals surface area contributed by atoms with Gasteiger partial charge in [-0.15, -0.1) is 0 Å². The van der Waals surface area contributed by atoms with E-state index in [1.165, 1.54) is 6.21 Å². The molecule has 2 aromatic carbocycles. The lowest BCUT2D eigenvalue weighted by Gasteiger charge is -2.11. The third-order valence-corrected chi connectivity index (χ3v) is 3.91. The minimum Gasteiger partial charge on any atom is -0.487 e. The highest BCUT2D eigenvalue weighted by Crippen LogP contribution is 2.35. The zero-order valence-electron chi connectivity index (χ0n) is 10.2. The third kappa shape index (κ3) is 3.98. The van der Waals surface area contributed by atoms with Crippen LogP contribution >= 0.6 is 43.5 Å². The standard InChI is InChI=1S/C14H10Br2ClNO2/c15-12-5-10(7-18-19)6-13(16)14(12)20-8-9-2-1-3-11(17)4-9/h1-7,19H,8H2/b18-7-. The predicted octanol–water partition coefficient (Wildman–Crippen LogP) is 5.25. The quantitative estimate of drug-likeness (QED) is 0.418. The van der Waals surface area contributed by atoms with E-state index in [9.17, 15) is 0 Å². The minimum atomic E-state index is 0.408. The lowest BCUT2D eigenvalue weighted by atomic mass is 10.2. The highest BCUT2D eigenvalue weighted by Gasteiger charge is 2.09. The van der Waals surface area contributed by atoms with E-state index in [2.05, 4.69) is 37.0 Å². The SMILES string of the molecule is O/N=C\c1cc(Br)c(OCc2cccc(Cl)c2)c(Br)c1. The Morgan fingerprint density at radius 1 is 1.20 bits per heavy atom. The van der Waals surface area contributed by atoms with Crippen molar-refractivity contribution in [2.45, 2.75) is 6.61 Å². The van der Waals surface area contributed by atoms with Crippen molar-refractivity contribution in [3.63, 3.8) is 0 Å². The van der Waals surface area contributed by atoms with Crippen LogP contribution in [0.15, 0.2) is 50.5 Å². The van der Waals surface area contributed by atoms with Crippen molar-refractivity contribution in [3.8, 4) is 5.75 Å². The van der Waals surface area contributed by atoms with Gasteiger partial charge in [0.25, 0.3) is 0 Å². The van der Waals surface area contributed by atoms with Crippen LogP contribution in [-0.4, -0.2) is 11.4 Å². The molecule has 0 aliphatic rings. The molecule has 0 aliphatic carbocycles. The first-order chi connectivity index (χ1) is 9.60. The van der Waals surface area contributed by atoms with Crippen molar-refractivity contribution in [1.29, 1.82) is 0 Å². The van der Waals surface area contributed by atoms with Gasteiger partial charge in [-0.25, -0.2) is 0 Å². The fraction of sp³-hybridized carbons (Fsp3) is 0.0714. The van der Waals surface area contributed by atoms with E-state index in [4.69, 9.17) is 21.5 Å². The van der Waals surface area contributed by atoms with Crippen LogP contribution in [0.25, 0.3) is 0 Å². The topological polar surface area (TPSA) is 41.8 Å². The zero-order valence-corrected chi connectivity index (χ0v) is 14.1. The predicted molar refractivity (Wildman–Crippen MR) is 87.0 cm³/mol. The molecule has 0 bridgehead atoms. The molecule has 0 saturated heterocycles. The fourth-order valence-electron chi connectivity index (χ4n) is 1.64. The molecule has 0 heterocycles. The fourth-order valence-corrected chi connectivity index (χ4v) is 3.30. The van der Waals surface area contributed by atoms with Crippen LogP contribution in [0.3, 0.4) is 0 Å². The summed E-state index contributed by atoms with van der Waals surface area (Å²) in [6.45, 7) is 0.408. The molecular formula is C14H10Br2ClNO2.